The summed E-state index contributed by atoms with van der Waals surface area (Å²) in [4.78, 5) is 31.7. The Kier molecular flexibility index (Phi) is 6.87. The van der Waals surface area contributed by atoms with E-state index in [2.05, 4.69) is 15.5 Å². The van der Waals surface area contributed by atoms with E-state index in [0.29, 0.717) is 0 Å². The summed E-state index contributed by atoms with van der Waals surface area (Å²) in [5.74, 6) is -1.31. The van der Waals surface area contributed by atoms with Gasteiger partial charge in [0.25, 0.3) is 0 Å². The lowest BCUT2D eigenvalue weighted by Gasteiger charge is -2.04. The zero-order chi connectivity index (χ0) is 18.1. The molecule has 0 aliphatic heterocycles. The number of nitrogens with two attached hydrogens (primary N) is 1. The second-order valence-corrected chi connectivity index (χ2v) is 5.45. The molecule has 0 saturated heterocycles. The second-order valence-electron chi connectivity index (χ2n) is 4.59. The van der Waals surface area contributed by atoms with Crippen molar-refractivity contribution in [2.45, 2.75) is 6.61 Å². The van der Waals surface area contributed by atoms with E-state index >= 15 is 0 Å². The van der Waals surface area contributed by atoms with Crippen LogP contribution in [-0.2, 0) is 21.0 Å². The molecule has 1 amide bonds. The zero-order valence-electron chi connectivity index (χ0n) is 13.0. The number of benzene rings is 1. The van der Waals surface area contributed by atoms with E-state index in [0.717, 1.165) is 16.9 Å². The maximum Gasteiger partial charge on any atom is 0.413 e. The molecule has 0 unspecified atom stereocenters. The van der Waals surface area contributed by atoms with E-state index in [1.165, 1.54) is 5.38 Å². The van der Waals surface area contributed by atoms with E-state index in [1.54, 1.807) is 0 Å². The topological polar surface area (TPSA) is 136 Å². The van der Waals surface area contributed by atoms with Crippen LogP contribution >= 0.6 is 11.3 Å². The van der Waals surface area contributed by atoms with Crippen molar-refractivity contribution in [2.75, 3.05) is 18.5 Å². The van der Waals surface area contributed by atoms with Crippen molar-refractivity contribution in [1.82, 2.24) is 4.98 Å². The Balaban J connectivity index is 1.94. The van der Waals surface area contributed by atoms with Crippen molar-refractivity contribution in [1.29, 1.82) is 0 Å². The second kappa shape index (κ2) is 9.35. The maximum atomic E-state index is 11.8. The molecule has 0 aliphatic rings. The van der Waals surface area contributed by atoms with E-state index in [9.17, 15) is 9.59 Å². The van der Waals surface area contributed by atoms with Crippen molar-refractivity contribution in [3.63, 3.8) is 0 Å². The smallest absolute Gasteiger partial charge is 0.413 e. The molecule has 1 aromatic heterocycles. The summed E-state index contributed by atoms with van der Waals surface area (Å²) in [5.41, 5.74) is 5.77. The highest BCUT2D eigenvalue weighted by Gasteiger charge is 2.18. The minimum atomic E-state index is -1.31. The number of aliphatic carboxylic acids is 1. The number of carboxylic acids is 1. The largest absolute Gasteiger partial charge is 0.476 e. The van der Waals surface area contributed by atoms with E-state index < -0.39 is 12.1 Å². The Morgan fingerprint density at radius 3 is 2.76 bits per heavy atom. The molecule has 10 heteroatoms. The van der Waals surface area contributed by atoms with Gasteiger partial charge in [0.1, 0.15) is 18.9 Å². The first-order chi connectivity index (χ1) is 12.1. The molecule has 0 atom stereocenters. The summed E-state index contributed by atoms with van der Waals surface area (Å²) in [6.45, 7) is 0.394. The number of carbonyl (C=O) groups excluding carboxylic acids is 1. The van der Waals surface area contributed by atoms with Crippen LogP contribution in [0.15, 0.2) is 40.9 Å². The number of nitrogens with one attached hydrogen (secondary N) is 1. The molecule has 9 nitrogen and oxygen atoms in total. The lowest BCUT2D eigenvalue weighted by Crippen LogP contribution is -2.17. The van der Waals surface area contributed by atoms with Gasteiger partial charge in [-0.2, -0.15) is 0 Å². The molecule has 1 heterocycles. The first-order valence-corrected chi connectivity index (χ1v) is 8.05. The molecule has 1 aromatic carbocycles. The molecule has 0 spiro atoms. The van der Waals surface area contributed by atoms with Gasteiger partial charge in [-0.25, -0.2) is 14.6 Å². The highest BCUT2D eigenvalue weighted by atomic mass is 32.1. The SMILES string of the molecule is NCCON=C(C(=O)O)c1csc(NC(=O)OCc2ccccc2)n1. The third-order valence-corrected chi connectivity index (χ3v) is 3.49. The lowest BCUT2D eigenvalue weighted by atomic mass is 10.2. The van der Waals surface area contributed by atoms with Crippen LogP contribution in [0, 0.1) is 0 Å². The van der Waals surface area contributed by atoms with Gasteiger partial charge >= 0.3 is 12.1 Å². The molecule has 2 aromatic rings. The Labute approximate surface area is 147 Å². The number of aromatic nitrogens is 1. The summed E-state index contributed by atoms with van der Waals surface area (Å²) in [6.07, 6.45) is -0.696. The highest BCUT2D eigenvalue weighted by Crippen LogP contribution is 2.17. The third kappa shape index (κ3) is 5.86. The summed E-state index contributed by atoms with van der Waals surface area (Å²) in [6, 6.07) is 9.18. The van der Waals surface area contributed by atoms with Gasteiger partial charge in [-0.05, 0) is 5.56 Å². The van der Waals surface area contributed by atoms with Crippen LogP contribution in [0.5, 0.6) is 0 Å². The van der Waals surface area contributed by atoms with Crippen molar-refractivity contribution in [3.8, 4) is 0 Å². The van der Waals surface area contributed by atoms with Gasteiger partial charge in [-0.1, -0.05) is 35.5 Å². The van der Waals surface area contributed by atoms with Gasteiger partial charge in [0.15, 0.2) is 5.13 Å². The average Bonchev–Trinajstić information content (AvgIpc) is 3.05. The first-order valence-electron chi connectivity index (χ1n) is 7.17. The molecule has 0 bridgehead atoms. The molecule has 0 fully saturated rings. The van der Waals surface area contributed by atoms with Crippen LogP contribution in [0.25, 0.3) is 0 Å². The monoisotopic (exact) mass is 364 g/mol. The van der Waals surface area contributed by atoms with Crippen molar-refractivity contribution in [2.24, 2.45) is 10.9 Å². The molecule has 0 saturated carbocycles. The number of nitrogens with zero attached hydrogens (tertiary/aromatic N) is 2. The van der Waals surface area contributed by atoms with Crippen molar-refractivity contribution < 1.29 is 24.3 Å². The Hall–Kier alpha value is -2.98. The quantitative estimate of drug-likeness (QED) is 0.368. The lowest BCUT2D eigenvalue weighted by molar-refractivity contribution is -0.129. The molecule has 2 rings (SSSR count). The number of oxime groups is 1. The van der Waals surface area contributed by atoms with Crippen LogP contribution < -0.4 is 11.1 Å². The Morgan fingerprint density at radius 1 is 1.32 bits per heavy atom. The van der Waals surface area contributed by atoms with Crippen LogP contribution in [0.1, 0.15) is 11.3 Å². The van der Waals surface area contributed by atoms with Gasteiger partial charge < -0.3 is 20.4 Å². The van der Waals surface area contributed by atoms with Crippen LogP contribution in [0.4, 0.5) is 9.93 Å². The van der Waals surface area contributed by atoms with Crippen molar-refractivity contribution in [3.05, 3.63) is 47.0 Å². The summed E-state index contributed by atoms with van der Waals surface area (Å²) in [7, 11) is 0. The fraction of sp³-hybridized carbons (Fsp3) is 0.200. The fourth-order valence-corrected chi connectivity index (χ4v) is 2.33. The van der Waals surface area contributed by atoms with E-state index in [1.807, 2.05) is 30.3 Å². The standard InChI is InChI=1S/C15H16N4O5S/c16-6-7-24-19-12(13(20)21)11-9-25-14(17-11)18-15(22)23-8-10-4-2-1-3-5-10/h1-5,9H,6-8,16H2,(H,20,21)(H,17,18,22). The van der Waals surface area contributed by atoms with Crippen LogP contribution in [0.3, 0.4) is 0 Å². The number of hydrogen-bond donors (Lipinski definition) is 3. The molecular weight excluding hydrogens is 348 g/mol. The number of amides is 1. The van der Waals surface area contributed by atoms with E-state index in [4.69, 9.17) is 20.4 Å². The first kappa shape index (κ1) is 18.4. The van der Waals surface area contributed by atoms with Crippen LogP contribution in [0.2, 0.25) is 0 Å². The molecule has 25 heavy (non-hydrogen) atoms. The van der Waals surface area contributed by atoms with Gasteiger partial charge in [0, 0.05) is 11.9 Å². The number of rotatable bonds is 8. The molecule has 132 valence electrons. The van der Waals surface area contributed by atoms with Gasteiger partial charge in [-0.15, -0.1) is 11.3 Å². The summed E-state index contributed by atoms with van der Waals surface area (Å²) >= 11 is 1.04. The van der Waals surface area contributed by atoms with Crippen molar-refractivity contribution >= 4 is 34.2 Å². The normalized spacial score (nSPS) is 11.0. The summed E-state index contributed by atoms with van der Waals surface area (Å²) in [5, 5.41) is 16.7. The van der Waals surface area contributed by atoms with Crippen LogP contribution in [-0.4, -0.2) is 41.0 Å². The predicted molar refractivity (Wildman–Crippen MR) is 91.5 cm³/mol. The average molecular weight is 364 g/mol. The third-order valence-electron chi connectivity index (χ3n) is 2.74. The minimum Gasteiger partial charge on any atom is -0.476 e. The number of carbonyl (C=O) groups is 2. The molecular formula is C15H16N4O5S. The highest BCUT2D eigenvalue weighted by molar-refractivity contribution is 7.14. The number of ether oxygens (including phenoxy) is 1. The van der Waals surface area contributed by atoms with E-state index in [-0.39, 0.29) is 36.3 Å². The Bertz CT molecular complexity index is 747. The van der Waals surface area contributed by atoms with Gasteiger partial charge in [0.05, 0.1) is 0 Å². The predicted octanol–water partition coefficient (Wildman–Crippen LogP) is 1.66. The molecule has 0 aliphatic carbocycles. The van der Waals surface area contributed by atoms with Gasteiger partial charge in [-0.3, -0.25) is 5.32 Å². The maximum absolute atomic E-state index is 11.8. The Morgan fingerprint density at radius 2 is 2.08 bits per heavy atom. The van der Waals surface area contributed by atoms with Gasteiger partial charge in [0.2, 0.25) is 5.71 Å². The zero-order valence-corrected chi connectivity index (χ0v) is 13.9. The number of thiazole rings is 1. The number of hydrogen-bond acceptors (Lipinski definition) is 8. The molecule has 0 radical (unpaired) electrons. The fourth-order valence-electron chi connectivity index (χ4n) is 1.64. The molecule has 4 N–H and O–H groups in total. The summed E-state index contributed by atoms with van der Waals surface area (Å²) < 4.78 is 5.06. The number of carboxylic acid groups (broad SMARTS) is 1. The number of anilines is 1. The minimum absolute atomic E-state index is 0.0629.